The maximum Gasteiger partial charge on any atom is 0.294 e. The van der Waals surface area contributed by atoms with Crippen molar-refractivity contribution < 1.29 is 19.1 Å². The summed E-state index contributed by atoms with van der Waals surface area (Å²) in [5.74, 6) is -0.286. The number of amides is 3. The second-order valence-electron chi connectivity index (χ2n) is 7.42. The van der Waals surface area contributed by atoms with E-state index in [2.05, 4.69) is 10.3 Å². The molecule has 0 radical (unpaired) electrons. The van der Waals surface area contributed by atoms with Gasteiger partial charge in [0.1, 0.15) is 12.3 Å². The SMILES string of the molecule is COc1ccc(NC(=O)CN2C(=O)SC(=Cc3cc(C)n(-c4cccnc4)c3C)C2=O)cc1. The average Bonchev–Trinajstić information content (AvgIpc) is 3.24. The Bertz CT molecular complexity index is 1250. The largest absolute Gasteiger partial charge is 0.497 e. The molecule has 0 atom stereocenters. The number of imide groups is 1. The standard InChI is InChI=1S/C24H22N4O4S/c1-15-11-17(16(2)28(15)19-5-4-10-25-13-19)12-21-23(30)27(24(31)33-21)14-22(29)26-18-6-8-20(32-3)9-7-18/h4-13H,14H2,1-3H3,(H,26,29). The minimum absolute atomic E-state index is 0.281. The van der Waals surface area contributed by atoms with Gasteiger partial charge in [-0.2, -0.15) is 0 Å². The molecule has 3 aromatic rings. The van der Waals surface area contributed by atoms with E-state index in [1.54, 1.807) is 49.8 Å². The molecule has 4 rings (SSSR count). The van der Waals surface area contributed by atoms with Crippen LogP contribution in [0.3, 0.4) is 0 Å². The van der Waals surface area contributed by atoms with Crippen LogP contribution in [0, 0.1) is 13.8 Å². The smallest absolute Gasteiger partial charge is 0.294 e. The molecule has 0 bridgehead atoms. The van der Waals surface area contributed by atoms with E-state index in [4.69, 9.17) is 4.74 Å². The highest BCUT2D eigenvalue weighted by molar-refractivity contribution is 8.18. The van der Waals surface area contributed by atoms with Gasteiger partial charge in [0.05, 0.1) is 23.9 Å². The summed E-state index contributed by atoms with van der Waals surface area (Å²) in [5, 5.41) is 2.21. The summed E-state index contributed by atoms with van der Waals surface area (Å²) in [6.07, 6.45) is 5.17. The third-order valence-electron chi connectivity index (χ3n) is 5.21. The van der Waals surface area contributed by atoms with Crippen LogP contribution < -0.4 is 10.1 Å². The number of nitrogens with zero attached hydrogens (tertiary/aromatic N) is 3. The molecule has 1 aliphatic rings. The third-order valence-corrected chi connectivity index (χ3v) is 6.12. The zero-order valence-corrected chi connectivity index (χ0v) is 19.2. The molecule has 0 aliphatic carbocycles. The minimum atomic E-state index is -0.485. The third kappa shape index (κ3) is 4.68. The van der Waals surface area contributed by atoms with E-state index in [9.17, 15) is 14.4 Å². The molecule has 0 unspecified atom stereocenters. The molecule has 168 valence electrons. The number of nitrogens with one attached hydrogen (secondary N) is 1. The number of methoxy groups -OCH3 is 1. The number of carbonyl (C=O) groups is 3. The van der Waals surface area contributed by atoms with Gasteiger partial charge >= 0.3 is 0 Å². The van der Waals surface area contributed by atoms with Gasteiger partial charge in [-0.15, -0.1) is 0 Å². The molecule has 1 N–H and O–H groups in total. The molecule has 0 spiro atoms. The zero-order valence-electron chi connectivity index (χ0n) is 18.4. The van der Waals surface area contributed by atoms with Gasteiger partial charge in [0.15, 0.2) is 0 Å². The number of benzene rings is 1. The first-order valence-electron chi connectivity index (χ1n) is 10.2. The number of pyridine rings is 1. The number of anilines is 1. The normalized spacial score (nSPS) is 14.8. The Kier molecular flexibility index (Phi) is 6.32. The van der Waals surface area contributed by atoms with Crippen LogP contribution in [-0.4, -0.2) is 45.2 Å². The van der Waals surface area contributed by atoms with Crippen molar-refractivity contribution in [1.29, 1.82) is 0 Å². The first-order chi connectivity index (χ1) is 15.9. The van der Waals surface area contributed by atoms with Crippen molar-refractivity contribution in [2.75, 3.05) is 19.0 Å². The van der Waals surface area contributed by atoms with Crippen LogP contribution in [-0.2, 0) is 9.59 Å². The number of thioether (sulfide) groups is 1. The molecule has 3 heterocycles. The van der Waals surface area contributed by atoms with Crippen molar-refractivity contribution >= 4 is 40.6 Å². The molecule has 1 fully saturated rings. The van der Waals surface area contributed by atoms with Gasteiger partial charge in [-0.1, -0.05) is 0 Å². The van der Waals surface area contributed by atoms with Crippen molar-refractivity contribution in [1.82, 2.24) is 14.5 Å². The van der Waals surface area contributed by atoms with Gasteiger partial charge in [-0.3, -0.25) is 24.3 Å². The molecule has 1 aromatic carbocycles. The molecule has 33 heavy (non-hydrogen) atoms. The van der Waals surface area contributed by atoms with Crippen LogP contribution in [0.4, 0.5) is 10.5 Å². The van der Waals surface area contributed by atoms with E-state index < -0.39 is 17.1 Å². The molecule has 9 heteroatoms. The molecule has 0 saturated carbocycles. The van der Waals surface area contributed by atoms with Gasteiger partial charge in [0.2, 0.25) is 5.91 Å². The maximum absolute atomic E-state index is 12.9. The van der Waals surface area contributed by atoms with Crippen LogP contribution >= 0.6 is 11.8 Å². The van der Waals surface area contributed by atoms with Crippen molar-refractivity contribution in [3.05, 3.63) is 76.7 Å². The van der Waals surface area contributed by atoms with Crippen LogP contribution in [0.25, 0.3) is 11.8 Å². The summed E-state index contributed by atoms with van der Waals surface area (Å²) in [6, 6.07) is 12.5. The fourth-order valence-electron chi connectivity index (χ4n) is 3.61. The first-order valence-corrected chi connectivity index (χ1v) is 11.0. The maximum atomic E-state index is 12.9. The Morgan fingerprint density at radius 3 is 2.61 bits per heavy atom. The first kappa shape index (κ1) is 22.3. The lowest BCUT2D eigenvalue weighted by Crippen LogP contribution is -2.36. The van der Waals surface area contributed by atoms with E-state index in [0.717, 1.165) is 39.3 Å². The van der Waals surface area contributed by atoms with Gasteiger partial charge in [0, 0.05) is 23.3 Å². The number of hydrogen-bond donors (Lipinski definition) is 1. The van der Waals surface area contributed by atoms with Crippen LogP contribution in [0.2, 0.25) is 0 Å². The Hall–Kier alpha value is -3.85. The Labute approximate surface area is 195 Å². The average molecular weight is 463 g/mol. The number of aryl methyl sites for hydroxylation is 1. The number of ether oxygens (including phenoxy) is 1. The monoisotopic (exact) mass is 462 g/mol. The van der Waals surface area contributed by atoms with Gasteiger partial charge in [0.25, 0.3) is 11.1 Å². The Morgan fingerprint density at radius 1 is 1.18 bits per heavy atom. The van der Waals surface area contributed by atoms with E-state index in [0.29, 0.717) is 11.4 Å². The summed E-state index contributed by atoms with van der Waals surface area (Å²) >= 11 is 0.830. The van der Waals surface area contributed by atoms with E-state index in [1.807, 2.05) is 36.6 Å². The molecule has 3 amide bonds. The number of aromatic nitrogens is 2. The topological polar surface area (TPSA) is 93.5 Å². The lowest BCUT2D eigenvalue weighted by molar-refractivity contribution is -0.127. The zero-order chi connectivity index (χ0) is 23.5. The van der Waals surface area contributed by atoms with Crippen molar-refractivity contribution in [3.8, 4) is 11.4 Å². The molecule has 8 nitrogen and oxygen atoms in total. The fraction of sp³-hybridized carbons (Fsp3) is 0.167. The van der Waals surface area contributed by atoms with E-state index in [1.165, 1.54) is 0 Å². The van der Waals surface area contributed by atoms with Crippen molar-refractivity contribution in [3.63, 3.8) is 0 Å². The minimum Gasteiger partial charge on any atom is -0.497 e. The van der Waals surface area contributed by atoms with Crippen molar-refractivity contribution in [2.45, 2.75) is 13.8 Å². The summed E-state index contributed by atoms with van der Waals surface area (Å²) in [7, 11) is 1.55. The summed E-state index contributed by atoms with van der Waals surface area (Å²) in [4.78, 5) is 43.1. The predicted molar refractivity (Wildman–Crippen MR) is 127 cm³/mol. The quantitative estimate of drug-likeness (QED) is 0.553. The lowest BCUT2D eigenvalue weighted by Gasteiger charge is -2.12. The number of rotatable bonds is 6. The lowest BCUT2D eigenvalue weighted by atomic mass is 10.2. The Balaban J connectivity index is 1.49. The van der Waals surface area contributed by atoms with Gasteiger partial charge in [-0.05, 0) is 79.7 Å². The molecule has 1 saturated heterocycles. The second-order valence-corrected chi connectivity index (χ2v) is 8.41. The fourth-order valence-corrected chi connectivity index (χ4v) is 4.44. The molecular weight excluding hydrogens is 440 g/mol. The summed E-state index contributed by atoms with van der Waals surface area (Å²) < 4.78 is 7.12. The van der Waals surface area contributed by atoms with Crippen molar-refractivity contribution in [2.24, 2.45) is 0 Å². The summed E-state index contributed by atoms with van der Waals surface area (Å²) in [5.41, 5.74) is 4.18. The highest BCUT2D eigenvalue weighted by Crippen LogP contribution is 2.33. The molecule has 2 aromatic heterocycles. The van der Waals surface area contributed by atoms with Gasteiger partial charge in [-0.25, -0.2) is 0 Å². The predicted octanol–water partition coefficient (Wildman–Crippen LogP) is 4.17. The molecular formula is C24H22N4O4S. The number of hydrogen-bond acceptors (Lipinski definition) is 6. The van der Waals surface area contributed by atoms with Crippen LogP contribution in [0.5, 0.6) is 5.75 Å². The van der Waals surface area contributed by atoms with Crippen LogP contribution in [0.15, 0.2) is 59.8 Å². The highest BCUT2D eigenvalue weighted by atomic mass is 32.2. The highest BCUT2D eigenvalue weighted by Gasteiger charge is 2.36. The van der Waals surface area contributed by atoms with E-state index >= 15 is 0 Å². The second kappa shape index (κ2) is 9.33. The number of carbonyl (C=O) groups excluding carboxylic acids is 3. The van der Waals surface area contributed by atoms with E-state index in [-0.39, 0.29) is 11.4 Å². The van der Waals surface area contributed by atoms with Crippen LogP contribution in [0.1, 0.15) is 17.0 Å². The molecule has 1 aliphatic heterocycles. The van der Waals surface area contributed by atoms with Gasteiger partial charge < -0.3 is 14.6 Å². The summed E-state index contributed by atoms with van der Waals surface area (Å²) in [6.45, 7) is 3.55. The Morgan fingerprint density at radius 2 is 1.94 bits per heavy atom.